The molecule has 2 heterocycles. The zero-order valence-electron chi connectivity index (χ0n) is 22.5. The van der Waals surface area contributed by atoms with E-state index in [0.717, 1.165) is 4.31 Å². The molecule has 0 aliphatic carbocycles. The van der Waals surface area contributed by atoms with Crippen LogP contribution >= 0.6 is 0 Å². The third-order valence-corrected chi connectivity index (χ3v) is 9.59. The predicted molar refractivity (Wildman–Crippen MR) is 151 cm³/mol. The van der Waals surface area contributed by atoms with Crippen molar-refractivity contribution in [1.29, 1.82) is 0 Å². The van der Waals surface area contributed by atoms with E-state index in [1.165, 1.54) is 12.9 Å². The summed E-state index contributed by atoms with van der Waals surface area (Å²) >= 11 is 0. The van der Waals surface area contributed by atoms with Crippen molar-refractivity contribution in [2.75, 3.05) is 54.5 Å². The summed E-state index contributed by atoms with van der Waals surface area (Å²) in [6, 6.07) is 17.6. The molecule has 13 nitrogen and oxygen atoms in total. The molecule has 0 unspecified atom stereocenters. The fraction of sp³-hybridized carbons (Fsp3) is 0.440. The van der Waals surface area contributed by atoms with Crippen LogP contribution in [0.1, 0.15) is 27.2 Å². The quantitative estimate of drug-likeness (QED) is 0.305. The molecule has 0 bridgehead atoms. The summed E-state index contributed by atoms with van der Waals surface area (Å²) < 4.78 is 59.0. The first kappa shape index (κ1) is 38.4. The number of nitrogens with zero attached hydrogens (tertiary/aromatic N) is 4. The Kier molecular flexibility index (Phi) is 16.2. The minimum Gasteiger partial charge on any atom is -0.870 e. The van der Waals surface area contributed by atoms with Crippen LogP contribution in [0.3, 0.4) is 0 Å². The third kappa shape index (κ3) is 9.99. The number of anilines is 2. The van der Waals surface area contributed by atoms with E-state index >= 15 is 0 Å². The SMILES string of the molecule is C.CCOC(=O)CN1CCCN(c2ccccc2)S1(=O)=O.O=C(O)CN1CCCN(c2ccccc2)S1(=O)=O.[Li+].[OH-]. The fourth-order valence-electron chi connectivity index (χ4n) is 4.06. The molecule has 41 heavy (non-hydrogen) atoms. The van der Waals surface area contributed by atoms with Gasteiger partial charge < -0.3 is 15.3 Å². The van der Waals surface area contributed by atoms with Gasteiger partial charge in [0.1, 0.15) is 13.1 Å². The normalized spacial score (nSPS) is 17.8. The monoisotopic (exact) mass is 608 g/mol. The summed E-state index contributed by atoms with van der Waals surface area (Å²) in [5.74, 6) is -1.67. The van der Waals surface area contributed by atoms with Crippen LogP contribution in [0.2, 0.25) is 0 Å². The van der Waals surface area contributed by atoms with Crippen LogP contribution in [0.4, 0.5) is 11.4 Å². The van der Waals surface area contributed by atoms with Crippen molar-refractivity contribution in [2.24, 2.45) is 0 Å². The molecule has 2 aromatic rings. The molecular weight excluding hydrogens is 571 g/mol. The Morgan fingerprint density at radius 2 is 1.15 bits per heavy atom. The summed E-state index contributed by atoms with van der Waals surface area (Å²) in [5, 5.41) is 8.73. The Morgan fingerprint density at radius 1 is 0.756 bits per heavy atom. The Hall–Kier alpha value is -2.64. The summed E-state index contributed by atoms with van der Waals surface area (Å²) in [6.45, 7) is 2.59. The number of hydrogen-bond donors (Lipinski definition) is 1. The second-order valence-corrected chi connectivity index (χ2v) is 12.1. The van der Waals surface area contributed by atoms with Gasteiger partial charge in [-0.3, -0.25) is 18.2 Å². The number of hydrogen-bond acceptors (Lipinski definition) is 8. The Morgan fingerprint density at radius 3 is 1.51 bits per heavy atom. The molecule has 224 valence electrons. The molecule has 0 atom stereocenters. The Labute approximate surface area is 254 Å². The van der Waals surface area contributed by atoms with Gasteiger partial charge >= 0.3 is 51.2 Å². The third-order valence-electron chi connectivity index (χ3n) is 5.76. The largest absolute Gasteiger partial charge is 1.00 e. The van der Waals surface area contributed by atoms with Crippen LogP contribution in [0.5, 0.6) is 0 Å². The van der Waals surface area contributed by atoms with E-state index in [4.69, 9.17) is 9.84 Å². The van der Waals surface area contributed by atoms with E-state index in [1.54, 1.807) is 61.5 Å². The summed E-state index contributed by atoms with van der Waals surface area (Å²) in [5.41, 5.74) is 1.17. The standard InChI is InChI=1S/C13H18N2O4S.C11H14N2O4S.CH4.Li.H2O/c1-2-19-13(16)11-14-9-6-10-15(20(14,17)18)12-7-4-3-5-8-12;14-11(15)9-12-7-4-8-13(18(12,16)17)10-5-2-1-3-6-10;;;/h3-5,7-8H,2,6,9-11H2,1H3;1-3,5-6H,4,7-9H2,(H,14,15);1H4;;1H2/q;;;+1;/p-1. The first-order valence-corrected chi connectivity index (χ1v) is 14.9. The van der Waals surface area contributed by atoms with Gasteiger partial charge in [-0.05, 0) is 44.0 Å². The second-order valence-electron chi connectivity index (χ2n) is 8.40. The second kappa shape index (κ2) is 17.3. The van der Waals surface area contributed by atoms with Crippen molar-refractivity contribution in [3.63, 3.8) is 0 Å². The van der Waals surface area contributed by atoms with Crippen molar-refractivity contribution in [3.05, 3.63) is 60.7 Å². The van der Waals surface area contributed by atoms with Gasteiger partial charge in [0.2, 0.25) is 0 Å². The van der Waals surface area contributed by atoms with Crippen LogP contribution < -0.4 is 27.5 Å². The molecule has 0 aromatic heterocycles. The van der Waals surface area contributed by atoms with Crippen molar-refractivity contribution < 1.29 is 60.6 Å². The van der Waals surface area contributed by atoms with Crippen molar-refractivity contribution >= 4 is 43.7 Å². The maximum absolute atomic E-state index is 12.5. The smallest absolute Gasteiger partial charge is 0.870 e. The van der Waals surface area contributed by atoms with Crippen molar-refractivity contribution in [1.82, 2.24) is 8.61 Å². The van der Waals surface area contributed by atoms with Crippen LogP contribution in [0.25, 0.3) is 0 Å². The number of carboxylic acid groups (broad SMARTS) is 1. The number of aliphatic carboxylic acids is 1. The van der Waals surface area contributed by atoms with E-state index < -0.39 is 38.9 Å². The Bertz CT molecular complexity index is 1300. The van der Waals surface area contributed by atoms with Gasteiger partial charge in [0.25, 0.3) is 0 Å². The van der Waals surface area contributed by atoms with Crippen LogP contribution in [0.15, 0.2) is 60.7 Å². The van der Waals surface area contributed by atoms with Gasteiger partial charge in [0.05, 0.1) is 18.0 Å². The van der Waals surface area contributed by atoms with E-state index in [0.29, 0.717) is 43.9 Å². The van der Waals surface area contributed by atoms with Gasteiger partial charge in [0, 0.05) is 26.2 Å². The number of esters is 1. The maximum Gasteiger partial charge on any atom is 1.00 e. The molecule has 2 aliphatic heterocycles. The van der Waals surface area contributed by atoms with Gasteiger partial charge in [0.15, 0.2) is 0 Å². The molecule has 2 aliphatic rings. The molecule has 2 aromatic carbocycles. The number of carbonyl (C=O) groups is 2. The molecule has 4 rings (SSSR count). The maximum atomic E-state index is 12.5. The van der Waals surface area contributed by atoms with Crippen LogP contribution in [-0.2, 0) is 34.7 Å². The molecule has 2 fully saturated rings. The fourth-order valence-corrected chi connectivity index (χ4v) is 7.37. The molecule has 2 N–H and O–H groups in total. The number of ether oxygens (including phenoxy) is 1. The summed E-state index contributed by atoms with van der Waals surface area (Å²) in [7, 11) is -7.39. The average molecular weight is 609 g/mol. The zero-order valence-corrected chi connectivity index (χ0v) is 24.1. The molecule has 0 radical (unpaired) electrons. The minimum atomic E-state index is -3.73. The predicted octanol–water partition coefficient (Wildman–Crippen LogP) is -1.00. The Balaban J connectivity index is 0.000000730. The number of para-hydroxylation sites is 2. The summed E-state index contributed by atoms with van der Waals surface area (Å²) in [4.78, 5) is 22.2. The molecule has 0 saturated carbocycles. The van der Waals surface area contributed by atoms with Gasteiger partial charge in [-0.2, -0.15) is 25.4 Å². The van der Waals surface area contributed by atoms with E-state index in [2.05, 4.69) is 0 Å². The van der Waals surface area contributed by atoms with Gasteiger partial charge in [-0.15, -0.1) is 0 Å². The topological polar surface area (TPSA) is 175 Å². The van der Waals surface area contributed by atoms with Crippen molar-refractivity contribution in [3.8, 4) is 0 Å². The van der Waals surface area contributed by atoms with Gasteiger partial charge in [-0.25, -0.2) is 0 Å². The molecular formula is C25H37LiN4O9S2. The van der Waals surface area contributed by atoms with E-state index in [1.807, 2.05) is 6.07 Å². The minimum absolute atomic E-state index is 0. The number of carboxylic acids is 1. The van der Waals surface area contributed by atoms with E-state index in [9.17, 15) is 26.4 Å². The number of benzene rings is 2. The van der Waals surface area contributed by atoms with Crippen molar-refractivity contribution in [2.45, 2.75) is 27.2 Å². The molecule has 0 spiro atoms. The molecule has 2 saturated heterocycles. The molecule has 0 amide bonds. The molecule has 16 heteroatoms. The number of carbonyl (C=O) groups excluding carboxylic acids is 1. The van der Waals surface area contributed by atoms with Crippen LogP contribution in [0, 0.1) is 0 Å². The average Bonchev–Trinajstić information content (AvgIpc) is 2.88. The van der Waals surface area contributed by atoms with Crippen LogP contribution in [-0.4, -0.2) is 93.8 Å². The summed E-state index contributed by atoms with van der Waals surface area (Å²) in [6.07, 6.45) is 1.29. The first-order valence-electron chi connectivity index (χ1n) is 12.1. The first-order chi connectivity index (χ1) is 18.1. The number of rotatable bonds is 7. The zero-order chi connectivity index (χ0) is 27.8. The van der Waals surface area contributed by atoms with E-state index in [-0.39, 0.29) is 51.5 Å². The van der Waals surface area contributed by atoms with Gasteiger partial charge in [-0.1, -0.05) is 43.8 Å².